The van der Waals surface area contributed by atoms with Crippen LogP contribution >= 0.6 is 0 Å². The van der Waals surface area contributed by atoms with Gasteiger partial charge in [-0.05, 0) is 48.7 Å². The van der Waals surface area contributed by atoms with Gasteiger partial charge in [-0.3, -0.25) is 4.79 Å². The monoisotopic (exact) mass is 319 g/mol. The van der Waals surface area contributed by atoms with Gasteiger partial charge in [0, 0.05) is 11.3 Å². The molecule has 0 radical (unpaired) electrons. The van der Waals surface area contributed by atoms with Crippen LogP contribution in [-0.2, 0) is 11.2 Å². The minimum atomic E-state index is -0.331. The molecule has 1 aromatic heterocycles. The number of amides is 1. The molecule has 0 atom stereocenters. The lowest BCUT2D eigenvalue weighted by atomic mass is 10.1. The molecule has 1 N–H and O–H groups in total. The largest absolute Gasteiger partial charge is 0.436 e. The second-order valence-electron chi connectivity index (χ2n) is 5.59. The first kappa shape index (κ1) is 15.8. The van der Waals surface area contributed by atoms with E-state index in [4.69, 9.17) is 9.68 Å². The van der Waals surface area contributed by atoms with Crippen LogP contribution in [0, 0.1) is 18.3 Å². The number of anilines is 1. The summed E-state index contributed by atoms with van der Waals surface area (Å²) in [4.78, 5) is 16.2. The number of aromatic nitrogens is 1. The van der Waals surface area contributed by atoms with E-state index in [9.17, 15) is 4.79 Å². The van der Waals surface area contributed by atoms with Crippen molar-refractivity contribution in [2.24, 2.45) is 0 Å². The Bertz CT molecular complexity index is 951. The van der Waals surface area contributed by atoms with E-state index in [0.29, 0.717) is 11.6 Å². The maximum atomic E-state index is 11.7. The standard InChI is InChI=1S/C19H17N3O2/c1-3-13-5-7-17-16(10-13)22-19(24-17)14-6-4-12(2)15(11-14)21-18(23)8-9-20/h4-7,10-11H,3,8H2,1-2H3,(H,21,23). The molecule has 0 aliphatic heterocycles. The van der Waals surface area contributed by atoms with Crippen molar-refractivity contribution in [3.05, 3.63) is 47.5 Å². The first-order chi connectivity index (χ1) is 11.6. The second-order valence-corrected chi connectivity index (χ2v) is 5.59. The Morgan fingerprint density at radius 1 is 1.29 bits per heavy atom. The summed E-state index contributed by atoms with van der Waals surface area (Å²) in [6, 6.07) is 13.4. The van der Waals surface area contributed by atoms with Crippen LogP contribution in [0.3, 0.4) is 0 Å². The van der Waals surface area contributed by atoms with Gasteiger partial charge in [-0.2, -0.15) is 5.26 Å². The third-order valence-electron chi connectivity index (χ3n) is 3.86. The van der Waals surface area contributed by atoms with Gasteiger partial charge in [0.1, 0.15) is 11.9 Å². The second kappa shape index (κ2) is 6.55. The fourth-order valence-corrected chi connectivity index (χ4v) is 2.47. The van der Waals surface area contributed by atoms with Crippen molar-refractivity contribution >= 4 is 22.7 Å². The van der Waals surface area contributed by atoms with E-state index in [1.807, 2.05) is 49.4 Å². The highest BCUT2D eigenvalue weighted by Gasteiger charge is 2.11. The van der Waals surface area contributed by atoms with Gasteiger partial charge in [0.25, 0.3) is 0 Å². The SMILES string of the molecule is CCc1ccc2oc(-c3ccc(C)c(NC(=O)CC#N)c3)nc2c1. The molecule has 24 heavy (non-hydrogen) atoms. The van der Waals surface area contributed by atoms with Crippen LogP contribution in [0.1, 0.15) is 24.5 Å². The fourth-order valence-electron chi connectivity index (χ4n) is 2.47. The normalized spacial score (nSPS) is 10.5. The van der Waals surface area contributed by atoms with E-state index >= 15 is 0 Å². The Morgan fingerprint density at radius 2 is 2.12 bits per heavy atom. The quantitative estimate of drug-likeness (QED) is 0.781. The van der Waals surface area contributed by atoms with E-state index in [1.165, 1.54) is 5.56 Å². The number of aryl methyl sites for hydroxylation is 2. The number of nitrogens with zero attached hydrogens (tertiary/aromatic N) is 2. The molecule has 3 rings (SSSR count). The average molecular weight is 319 g/mol. The molecule has 0 bridgehead atoms. The van der Waals surface area contributed by atoms with Crippen LogP contribution in [0.2, 0.25) is 0 Å². The molecule has 3 aromatic rings. The van der Waals surface area contributed by atoms with Gasteiger partial charge >= 0.3 is 0 Å². The van der Waals surface area contributed by atoms with Crippen LogP contribution < -0.4 is 5.32 Å². The van der Waals surface area contributed by atoms with Crippen molar-refractivity contribution < 1.29 is 9.21 Å². The van der Waals surface area contributed by atoms with Gasteiger partial charge in [-0.1, -0.05) is 19.1 Å². The number of carbonyl (C=O) groups is 1. The molecule has 0 aliphatic carbocycles. The Hall–Kier alpha value is -3.13. The molecule has 0 saturated carbocycles. The maximum absolute atomic E-state index is 11.7. The number of hydrogen-bond donors (Lipinski definition) is 1. The Kier molecular flexibility index (Phi) is 4.30. The first-order valence-corrected chi connectivity index (χ1v) is 7.78. The first-order valence-electron chi connectivity index (χ1n) is 7.78. The number of rotatable bonds is 4. The molecular weight excluding hydrogens is 302 g/mol. The zero-order valence-electron chi connectivity index (χ0n) is 13.6. The van der Waals surface area contributed by atoms with Crippen molar-refractivity contribution in [3.8, 4) is 17.5 Å². The highest BCUT2D eigenvalue weighted by molar-refractivity contribution is 5.93. The van der Waals surface area contributed by atoms with Crippen LogP contribution in [0.4, 0.5) is 5.69 Å². The molecular formula is C19H17N3O2. The number of fused-ring (bicyclic) bond motifs is 1. The number of nitrogens with one attached hydrogen (secondary N) is 1. The molecule has 1 amide bonds. The van der Waals surface area contributed by atoms with Crippen molar-refractivity contribution in [3.63, 3.8) is 0 Å². The summed E-state index contributed by atoms with van der Waals surface area (Å²) in [6.45, 7) is 3.99. The number of carbonyl (C=O) groups excluding carboxylic acids is 1. The zero-order valence-corrected chi connectivity index (χ0v) is 13.6. The van der Waals surface area contributed by atoms with Crippen LogP contribution in [-0.4, -0.2) is 10.9 Å². The molecule has 5 heteroatoms. The summed E-state index contributed by atoms with van der Waals surface area (Å²) in [6.07, 6.45) is 0.768. The molecule has 1 heterocycles. The average Bonchev–Trinajstić information content (AvgIpc) is 3.00. The Morgan fingerprint density at radius 3 is 2.88 bits per heavy atom. The highest BCUT2D eigenvalue weighted by Crippen LogP contribution is 2.28. The smallest absolute Gasteiger partial charge is 0.238 e. The molecule has 0 unspecified atom stereocenters. The van der Waals surface area contributed by atoms with E-state index in [0.717, 1.165) is 28.6 Å². The minimum absolute atomic E-state index is 0.174. The minimum Gasteiger partial charge on any atom is -0.436 e. The van der Waals surface area contributed by atoms with E-state index in [1.54, 1.807) is 0 Å². The van der Waals surface area contributed by atoms with Gasteiger partial charge < -0.3 is 9.73 Å². The predicted molar refractivity (Wildman–Crippen MR) is 92.4 cm³/mol. The Labute approximate surface area is 139 Å². The lowest BCUT2D eigenvalue weighted by molar-refractivity contribution is -0.115. The van der Waals surface area contributed by atoms with Crippen molar-refractivity contribution in [2.45, 2.75) is 26.7 Å². The molecule has 120 valence electrons. The van der Waals surface area contributed by atoms with Gasteiger partial charge in [0.05, 0.1) is 6.07 Å². The van der Waals surface area contributed by atoms with Crippen molar-refractivity contribution in [2.75, 3.05) is 5.32 Å². The lowest BCUT2D eigenvalue weighted by Crippen LogP contribution is -2.11. The van der Waals surface area contributed by atoms with Gasteiger partial charge in [0.15, 0.2) is 5.58 Å². The van der Waals surface area contributed by atoms with Gasteiger partial charge in [0.2, 0.25) is 11.8 Å². The highest BCUT2D eigenvalue weighted by atomic mass is 16.3. The zero-order chi connectivity index (χ0) is 17.1. The lowest BCUT2D eigenvalue weighted by Gasteiger charge is -2.08. The Balaban J connectivity index is 1.97. The fraction of sp³-hybridized carbons (Fsp3) is 0.211. The topological polar surface area (TPSA) is 78.9 Å². The summed E-state index contributed by atoms with van der Waals surface area (Å²) in [5.41, 5.74) is 5.11. The number of hydrogen-bond acceptors (Lipinski definition) is 4. The van der Waals surface area contributed by atoms with Crippen molar-refractivity contribution in [1.29, 1.82) is 5.26 Å². The van der Waals surface area contributed by atoms with Crippen LogP contribution in [0.25, 0.3) is 22.6 Å². The number of oxazole rings is 1. The molecule has 0 fully saturated rings. The predicted octanol–water partition coefficient (Wildman–Crippen LogP) is 4.22. The molecule has 2 aromatic carbocycles. The maximum Gasteiger partial charge on any atom is 0.238 e. The van der Waals surface area contributed by atoms with Crippen LogP contribution in [0.5, 0.6) is 0 Å². The van der Waals surface area contributed by atoms with Crippen molar-refractivity contribution in [1.82, 2.24) is 4.98 Å². The summed E-state index contributed by atoms with van der Waals surface area (Å²) >= 11 is 0. The van der Waals surface area contributed by atoms with Gasteiger partial charge in [-0.15, -0.1) is 0 Å². The van der Waals surface area contributed by atoms with E-state index in [2.05, 4.69) is 17.2 Å². The van der Waals surface area contributed by atoms with Gasteiger partial charge in [-0.25, -0.2) is 4.98 Å². The molecule has 0 saturated heterocycles. The summed E-state index contributed by atoms with van der Waals surface area (Å²) in [7, 11) is 0. The molecule has 5 nitrogen and oxygen atoms in total. The number of nitriles is 1. The number of benzene rings is 2. The third kappa shape index (κ3) is 3.13. The summed E-state index contributed by atoms with van der Waals surface area (Å²) < 4.78 is 5.82. The molecule has 0 aliphatic rings. The third-order valence-corrected chi connectivity index (χ3v) is 3.86. The summed E-state index contributed by atoms with van der Waals surface area (Å²) in [5.74, 6) is 0.178. The summed E-state index contributed by atoms with van der Waals surface area (Å²) in [5, 5.41) is 11.3. The van der Waals surface area contributed by atoms with Crippen LogP contribution in [0.15, 0.2) is 40.8 Å². The van der Waals surface area contributed by atoms with E-state index < -0.39 is 0 Å². The molecule has 0 spiro atoms. The van der Waals surface area contributed by atoms with E-state index in [-0.39, 0.29) is 12.3 Å².